The van der Waals surface area contributed by atoms with E-state index in [2.05, 4.69) is 9.59 Å². The Kier molecular flexibility index (Phi) is 1.55. The van der Waals surface area contributed by atoms with E-state index < -0.39 is 6.10 Å². The number of hydrogen-bond acceptors (Lipinski definition) is 3. The molecule has 43 valence electrons. The van der Waals surface area contributed by atoms with E-state index >= 15 is 0 Å². The molecule has 0 N–H and O–H groups in total. The van der Waals surface area contributed by atoms with Crippen LogP contribution in [0.3, 0.4) is 0 Å². The third-order valence-electron chi connectivity index (χ3n) is 0.793. The van der Waals surface area contributed by atoms with Crippen LogP contribution in [0, 0.1) is 0 Å². The molecule has 1 heterocycles. The van der Waals surface area contributed by atoms with E-state index in [0.29, 0.717) is 5.69 Å². The Labute approximate surface area is 51.1 Å². The predicted octanol–water partition coefficient (Wildman–Crippen LogP) is 1.03. The van der Waals surface area contributed by atoms with E-state index in [4.69, 9.17) is 0 Å². The van der Waals surface area contributed by atoms with Crippen LogP contribution < -0.4 is 0 Å². The first-order valence-corrected chi connectivity index (χ1v) is 3.07. The van der Waals surface area contributed by atoms with Crippen molar-refractivity contribution in [2.75, 3.05) is 0 Å². The van der Waals surface area contributed by atoms with Crippen LogP contribution in [0.1, 0.15) is 18.7 Å². The molecule has 0 bridgehead atoms. The quantitative estimate of drug-likeness (QED) is 0.568. The van der Waals surface area contributed by atoms with Crippen LogP contribution >= 0.6 is 11.5 Å². The summed E-state index contributed by atoms with van der Waals surface area (Å²) in [5.41, 5.74) is 0.537. The molecule has 0 saturated heterocycles. The van der Waals surface area contributed by atoms with Crippen LogP contribution in [0.25, 0.3) is 0 Å². The van der Waals surface area contributed by atoms with E-state index in [1.165, 1.54) is 11.5 Å². The Morgan fingerprint density at radius 1 is 1.88 bits per heavy atom. The van der Waals surface area contributed by atoms with Crippen molar-refractivity contribution in [3.63, 3.8) is 0 Å². The molecule has 0 spiro atoms. The van der Waals surface area contributed by atoms with Gasteiger partial charge in [-0.1, -0.05) is 4.49 Å². The number of aromatic nitrogens is 2. The maximum absolute atomic E-state index is 10.5. The molecule has 1 aromatic heterocycles. The van der Waals surface area contributed by atoms with Gasteiger partial charge in [-0.2, -0.15) is 0 Å². The molecule has 0 saturated carbocycles. The summed E-state index contributed by atoms with van der Waals surface area (Å²) in [4.78, 5) is 0. The van der Waals surface area contributed by atoms with E-state index in [9.17, 15) is 5.11 Å². The van der Waals surface area contributed by atoms with Crippen LogP contribution in [0.5, 0.6) is 0 Å². The Morgan fingerprint density at radius 3 is 2.88 bits per heavy atom. The van der Waals surface area contributed by atoms with E-state index in [1.807, 2.05) is 0 Å². The third kappa shape index (κ3) is 1.02. The van der Waals surface area contributed by atoms with Gasteiger partial charge in [-0.25, -0.2) is 5.11 Å². The van der Waals surface area contributed by atoms with Gasteiger partial charge in [0.2, 0.25) is 0 Å². The molecular weight excluding hydrogens is 124 g/mol. The summed E-state index contributed by atoms with van der Waals surface area (Å²) >= 11 is 1.21. The number of hydrogen-bond donors (Lipinski definition) is 0. The first kappa shape index (κ1) is 5.65. The van der Waals surface area contributed by atoms with Crippen molar-refractivity contribution in [3.05, 3.63) is 11.1 Å². The zero-order chi connectivity index (χ0) is 5.98. The molecule has 1 aromatic rings. The minimum atomic E-state index is -0.728. The standard InChI is InChI=1S/C4H5N2OS/c1-3(7)4-2-8-6-5-4/h2-3H,1H3. The topological polar surface area (TPSA) is 45.7 Å². The second-order valence-electron chi connectivity index (χ2n) is 1.47. The van der Waals surface area contributed by atoms with Gasteiger partial charge in [0.1, 0.15) is 11.8 Å². The summed E-state index contributed by atoms with van der Waals surface area (Å²) in [7, 11) is 0. The lowest BCUT2D eigenvalue weighted by atomic mass is 10.3. The van der Waals surface area contributed by atoms with Gasteiger partial charge in [0.25, 0.3) is 0 Å². The lowest BCUT2D eigenvalue weighted by Crippen LogP contribution is -1.87. The van der Waals surface area contributed by atoms with Gasteiger partial charge < -0.3 is 0 Å². The van der Waals surface area contributed by atoms with E-state index in [0.717, 1.165) is 0 Å². The summed E-state index contributed by atoms with van der Waals surface area (Å²) in [6, 6.07) is 0. The lowest BCUT2D eigenvalue weighted by molar-refractivity contribution is 0.102. The normalized spacial score (nSPS) is 13.8. The zero-order valence-corrected chi connectivity index (χ0v) is 5.18. The van der Waals surface area contributed by atoms with Crippen LogP contribution in [0.2, 0.25) is 0 Å². The smallest absolute Gasteiger partial charge is 0.135 e. The SMILES string of the molecule is CC([O])c1csnn1. The molecular formula is C4H5N2OS. The second-order valence-corrected chi connectivity index (χ2v) is 2.08. The van der Waals surface area contributed by atoms with Gasteiger partial charge in [-0.05, 0) is 18.5 Å². The Hall–Kier alpha value is -0.480. The van der Waals surface area contributed by atoms with E-state index in [-0.39, 0.29) is 0 Å². The van der Waals surface area contributed by atoms with Crippen LogP contribution in [0.4, 0.5) is 0 Å². The third-order valence-corrected chi connectivity index (χ3v) is 1.32. The largest absolute Gasteiger partial charge is 0.226 e. The fraction of sp³-hybridized carbons (Fsp3) is 0.500. The molecule has 0 aliphatic rings. The monoisotopic (exact) mass is 129 g/mol. The zero-order valence-electron chi connectivity index (χ0n) is 4.37. The Balaban J connectivity index is 2.77. The van der Waals surface area contributed by atoms with Crippen molar-refractivity contribution in [3.8, 4) is 0 Å². The highest BCUT2D eigenvalue weighted by Gasteiger charge is 2.03. The number of rotatable bonds is 1. The van der Waals surface area contributed by atoms with Crippen LogP contribution in [-0.2, 0) is 5.11 Å². The fourth-order valence-corrected chi connectivity index (χ4v) is 0.884. The Morgan fingerprint density at radius 2 is 2.62 bits per heavy atom. The first-order valence-electron chi connectivity index (χ1n) is 2.23. The van der Waals surface area contributed by atoms with Crippen molar-refractivity contribution >= 4 is 11.5 Å². The summed E-state index contributed by atoms with van der Waals surface area (Å²) < 4.78 is 3.54. The molecule has 1 atom stereocenters. The van der Waals surface area contributed by atoms with Gasteiger partial charge in [0, 0.05) is 5.38 Å². The fourth-order valence-electron chi connectivity index (χ4n) is 0.349. The van der Waals surface area contributed by atoms with Crippen molar-refractivity contribution in [2.45, 2.75) is 13.0 Å². The molecule has 0 aliphatic heterocycles. The predicted molar refractivity (Wildman–Crippen MR) is 29.0 cm³/mol. The molecule has 1 rings (SSSR count). The summed E-state index contributed by atoms with van der Waals surface area (Å²) in [5.74, 6) is 0. The average molecular weight is 129 g/mol. The number of nitrogens with zero attached hydrogens (tertiary/aromatic N) is 2. The van der Waals surface area contributed by atoms with Crippen LogP contribution in [-0.4, -0.2) is 9.59 Å². The molecule has 8 heavy (non-hydrogen) atoms. The van der Waals surface area contributed by atoms with Gasteiger partial charge in [-0.3, -0.25) is 0 Å². The highest BCUT2D eigenvalue weighted by atomic mass is 32.1. The summed E-state index contributed by atoms with van der Waals surface area (Å²) in [5, 5.41) is 15.7. The highest BCUT2D eigenvalue weighted by molar-refractivity contribution is 7.03. The van der Waals surface area contributed by atoms with Crippen molar-refractivity contribution in [2.24, 2.45) is 0 Å². The highest BCUT2D eigenvalue weighted by Crippen LogP contribution is 2.08. The van der Waals surface area contributed by atoms with Crippen LogP contribution in [0.15, 0.2) is 5.38 Å². The Bertz CT molecular complexity index is 149. The molecule has 4 heteroatoms. The van der Waals surface area contributed by atoms with Gasteiger partial charge >= 0.3 is 0 Å². The minimum absolute atomic E-state index is 0.537. The maximum atomic E-state index is 10.5. The first-order chi connectivity index (χ1) is 3.80. The average Bonchev–Trinajstić information content (AvgIpc) is 2.12. The minimum Gasteiger partial charge on any atom is -0.226 e. The van der Waals surface area contributed by atoms with Crippen molar-refractivity contribution in [1.29, 1.82) is 0 Å². The van der Waals surface area contributed by atoms with Crippen molar-refractivity contribution < 1.29 is 5.11 Å². The maximum Gasteiger partial charge on any atom is 0.135 e. The van der Waals surface area contributed by atoms with E-state index in [1.54, 1.807) is 12.3 Å². The van der Waals surface area contributed by atoms with Gasteiger partial charge in [0.15, 0.2) is 0 Å². The molecule has 0 aromatic carbocycles. The van der Waals surface area contributed by atoms with Gasteiger partial charge in [-0.15, -0.1) is 5.10 Å². The molecule has 0 aliphatic carbocycles. The van der Waals surface area contributed by atoms with Gasteiger partial charge in [0.05, 0.1) is 0 Å². The molecule has 0 amide bonds. The van der Waals surface area contributed by atoms with Crippen molar-refractivity contribution in [1.82, 2.24) is 9.59 Å². The molecule has 1 radical (unpaired) electrons. The molecule has 3 nitrogen and oxygen atoms in total. The molecule has 0 fully saturated rings. The summed E-state index contributed by atoms with van der Waals surface area (Å²) in [6.45, 7) is 1.55. The molecule has 1 unspecified atom stereocenters. The summed E-state index contributed by atoms with van der Waals surface area (Å²) in [6.07, 6.45) is -0.728. The lowest BCUT2D eigenvalue weighted by Gasteiger charge is -1.88. The second kappa shape index (κ2) is 2.19.